The van der Waals surface area contributed by atoms with Crippen molar-refractivity contribution in [2.75, 3.05) is 0 Å². The van der Waals surface area contributed by atoms with Crippen molar-refractivity contribution >= 4 is 51.1 Å². The Balaban J connectivity index is 1.78. The van der Waals surface area contributed by atoms with Gasteiger partial charge in [-0.05, 0) is 28.1 Å². The summed E-state index contributed by atoms with van der Waals surface area (Å²) in [5.41, 5.74) is 2.22. The molecule has 6 heteroatoms. The largest absolute Gasteiger partial charge is 0.236 e. The van der Waals surface area contributed by atoms with Crippen LogP contribution < -0.4 is 0 Å². The molecule has 98 valence electrons. The molecular formula is C13H10BrClN2S2. The van der Waals surface area contributed by atoms with Crippen LogP contribution in [0.4, 0.5) is 0 Å². The zero-order chi connectivity index (χ0) is 13.2. The quantitative estimate of drug-likeness (QED) is 0.562. The molecule has 1 aromatic heterocycles. The van der Waals surface area contributed by atoms with Crippen molar-refractivity contribution in [3.05, 3.63) is 51.0 Å². The number of hydrogen-bond acceptors (Lipinski definition) is 4. The summed E-state index contributed by atoms with van der Waals surface area (Å²) in [6.07, 6.45) is 0. The van der Waals surface area contributed by atoms with E-state index in [9.17, 15) is 0 Å². The Kier molecular flexibility index (Phi) is 4.37. The molecule has 0 atom stereocenters. The lowest BCUT2D eigenvalue weighted by atomic mass is 10.3. The van der Waals surface area contributed by atoms with E-state index in [1.54, 1.807) is 11.8 Å². The number of thioether (sulfide) groups is 2. The number of halogens is 2. The van der Waals surface area contributed by atoms with Crippen molar-refractivity contribution < 1.29 is 0 Å². The van der Waals surface area contributed by atoms with E-state index in [1.807, 2.05) is 30.0 Å². The predicted octanol–water partition coefficient (Wildman–Crippen LogP) is 4.93. The monoisotopic (exact) mass is 372 g/mol. The Labute approximate surface area is 133 Å². The molecule has 0 amide bonds. The lowest BCUT2D eigenvalue weighted by Crippen LogP contribution is -1.99. The summed E-state index contributed by atoms with van der Waals surface area (Å²) in [4.78, 5) is 10.2. The van der Waals surface area contributed by atoms with Crippen molar-refractivity contribution in [1.82, 2.24) is 9.97 Å². The Morgan fingerprint density at radius 1 is 1.26 bits per heavy atom. The summed E-state index contributed by atoms with van der Waals surface area (Å²) >= 11 is 13.3. The van der Waals surface area contributed by atoms with Crippen LogP contribution in [0.1, 0.15) is 17.1 Å². The third-order valence-electron chi connectivity index (χ3n) is 2.77. The molecule has 0 fully saturated rings. The van der Waals surface area contributed by atoms with Crippen LogP contribution in [0.25, 0.3) is 0 Å². The van der Waals surface area contributed by atoms with Crippen molar-refractivity contribution in [3.63, 3.8) is 0 Å². The first-order valence-corrected chi connectivity index (χ1v) is 9.04. The third-order valence-corrected chi connectivity index (χ3v) is 6.07. The summed E-state index contributed by atoms with van der Waals surface area (Å²) in [7, 11) is 0. The highest BCUT2D eigenvalue weighted by molar-refractivity contribution is 9.10. The van der Waals surface area contributed by atoms with Gasteiger partial charge < -0.3 is 0 Å². The molecular weight excluding hydrogens is 364 g/mol. The Bertz CT molecular complexity index is 622. The summed E-state index contributed by atoms with van der Waals surface area (Å²) < 4.78 is 1.10. The van der Waals surface area contributed by atoms with Gasteiger partial charge in [0, 0.05) is 26.4 Å². The molecule has 2 nitrogen and oxygen atoms in total. The molecule has 19 heavy (non-hydrogen) atoms. The molecule has 3 rings (SSSR count). The maximum absolute atomic E-state index is 6.20. The summed E-state index contributed by atoms with van der Waals surface area (Å²) in [5.74, 6) is 3.43. The van der Waals surface area contributed by atoms with Crippen LogP contribution in [0.3, 0.4) is 0 Å². The molecule has 1 aromatic carbocycles. The average molecular weight is 374 g/mol. The third kappa shape index (κ3) is 3.10. The Morgan fingerprint density at radius 2 is 2.11 bits per heavy atom. The van der Waals surface area contributed by atoms with E-state index in [1.165, 1.54) is 4.90 Å². The second-order valence-electron chi connectivity index (χ2n) is 4.07. The number of fused-ring (bicyclic) bond motifs is 1. The van der Waals surface area contributed by atoms with Crippen molar-refractivity contribution in [3.8, 4) is 0 Å². The topological polar surface area (TPSA) is 25.8 Å². The molecule has 2 aromatic rings. The highest BCUT2D eigenvalue weighted by Crippen LogP contribution is 2.34. The van der Waals surface area contributed by atoms with Gasteiger partial charge in [0.2, 0.25) is 0 Å². The molecule has 0 N–H and O–H groups in total. The molecule has 0 radical (unpaired) electrons. The number of benzene rings is 1. The number of rotatable bonds is 3. The zero-order valence-electron chi connectivity index (χ0n) is 9.90. The summed E-state index contributed by atoms with van der Waals surface area (Å²) in [6, 6.07) is 8.16. The molecule has 0 bridgehead atoms. The van der Waals surface area contributed by atoms with Gasteiger partial charge in [0.15, 0.2) is 0 Å². The SMILES string of the molecule is Clc1nc(CSc2ccccc2Br)nc2c1CSC2. The van der Waals surface area contributed by atoms with Crippen molar-refractivity contribution in [1.29, 1.82) is 0 Å². The highest BCUT2D eigenvalue weighted by atomic mass is 79.9. The first-order valence-electron chi connectivity index (χ1n) is 5.73. The van der Waals surface area contributed by atoms with Crippen LogP contribution in [0.5, 0.6) is 0 Å². The first kappa shape index (κ1) is 13.7. The number of aromatic nitrogens is 2. The minimum atomic E-state index is 0.623. The van der Waals surface area contributed by atoms with Gasteiger partial charge in [-0.25, -0.2) is 9.97 Å². The summed E-state index contributed by atoms with van der Waals surface area (Å²) in [6.45, 7) is 0. The van der Waals surface area contributed by atoms with Gasteiger partial charge in [0.25, 0.3) is 0 Å². The molecule has 0 spiro atoms. The fourth-order valence-electron chi connectivity index (χ4n) is 1.83. The minimum Gasteiger partial charge on any atom is -0.236 e. The van der Waals surface area contributed by atoms with Crippen LogP contribution in [0.15, 0.2) is 33.6 Å². The van der Waals surface area contributed by atoms with Gasteiger partial charge in [0.05, 0.1) is 11.4 Å². The summed E-state index contributed by atoms with van der Waals surface area (Å²) in [5, 5.41) is 0.623. The Morgan fingerprint density at radius 3 is 2.95 bits per heavy atom. The van der Waals surface area contributed by atoms with Crippen LogP contribution in [0, 0.1) is 0 Å². The van der Waals surface area contributed by atoms with Crippen LogP contribution in [0.2, 0.25) is 5.15 Å². The maximum Gasteiger partial charge on any atom is 0.140 e. The fourth-order valence-corrected chi connectivity index (χ4v) is 4.65. The van der Waals surface area contributed by atoms with Crippen molar-refractivity contribution in [2.24, 2.45) is 0 Å². The maximum atomic E-state index is 6.20. The number of nitrogens with zero attached hydrogens (tertiary/aromatic N) is 2. The minimum absolute atomic E-state index is 0.623. The molecule has 0 saturated carbocycles. The molecule has 0 unspecified atom stereocenters. The number of hydrogen-bond donors (Lipinski definition) is 0. The van der Waals surface area contributed by atoms with E-state index >= 15 is 0 Å². The highest BCUT2D eigenvalue weighted by Gasteiger charge is 2.18. The normalized spacial score (nSPS) is 13.6. The van der Waals surface area contributed by atoms with E-state index in [4.69, 9.17) is 11.6 Å². The second-order valence-corrected chi connectivity index (χ2v) is 7.28. The molecule has 0 saturated heterocycles. The van der Waals surface area contributed by atoms with Gasteiger partial charge in [-0.1, -0.05) is 23.7 Å². The van der Waals surface area contributed by atoms with Crippen LogP contribution in [-0.4, -0.2) is 9.97 Å². The standard InChI is InChI=1S/C13H10BrClN2S2/c14-9-3-1-2-4-11(9)19-7-12-16-10-6-18-5-8(10)13(15)17-12/h1-4H,5-7H2. The Hall–Kier alpha value is -0.230. The fraction of sp³-hybridized carbons (Fsp3) is 0.231. The zero-order valence-corrected chi connectivity index (χ0v) is 13.9. The van der Waals surface area contributed by atoms with Gasteiger partial charge >= 0.3 is 0 Å². The molecule has 0 aliphatic carbocycles. The lowest BCUT2D eigenvalue weighted by Gasteiger charge is -2.06. The van der Waals surface area contributed by atoms with E-state index in [2.05, 4.69) is 32.0 Å². The van der Waals surface area contributed by atoms with Gasteiger partial charge in [0.1, 0.15) is 11.0 Å². The van der Waals surface area contributed by atoms with Gasteiger partial charge in [-0.2, -0.15) is 11.8 Å². The molecule has 1 aliphatic heterocycles. The van der Waals surface area contributed by atoms with E-state index in [0.717, 1.165) is 38.8 Å². The predicted molar refractivity (Wildman–Crippen MR) is 85.7 cm³/mol. The van der Waals surface area contributed by atoms with Crippen molar-refractivity contribution in [2.45, 2.75) is 22.2 Å². The van der Waals surface area contributed by atoms with E-state index in [-0.39, 0.29) is 0 Å². The lowest BCUT2D eigenvalue weighted by molar-refractivity contribution is 0.974. The average Bonchev–Trinajstić information content (AvgIpc) is 2.87. The van der Waals surface area contributed by atoms with Gasteiger partial charge in [-0.3, -0.25) is 0 Å². The molecule has 1 aliphatic rings. The van der Waals surface area contributed by atoms with Crippen LogP contribution >= 0.6 is 51.1 Å². The van der Waals surface area contributed by atoms with Gasteiger partial charge in [-0.15, -0.1) is 11.8 Å². The smallest absolute Gasteiger partial charge is 0.140 e. The van der Waals surface area contributed by atoms with E-state index in [0.29, 0.717) is 5.15 Å². The first-order chi connectivity index (χ1) is 9.24. The van der Waals surface area contributed by atoms with E-state index < -0.39 is 0 Å². The molecule has 2 heterocycles. The second kappa shape index (κ2) is 6.04. The van der Waals surface area contributed by atoms with Crippen LogP contribution in [-0.2, 0) is 17.3 Å².